The molecule has 0 saturated carbocycles. The molecule has 0 unspecified atom stereocenters. The van der Waals surface area contributed by atoms with Crippen LogP contribution in [0.2, 0.25) is 0 Å². The Hall–Kier alpha value is -3.08. The van der Waals surface area contributed by atoms with Crippen LogP contribution < -0.4 is 0 Å². The lowest BCUT2D eigenvalue weighted by Crippen LogP contribution is -2.32. The van der Waals surface area contributed by atoms with E-state index in [0.29, 0.717) is 11.6 Å². The van der Waals surface area contributed by atoms with Crippen molar-refractivity contribution in [2.75, 3.05) is 0 Å². The monoisotopic (exact) mass is 502 g/mol. The van der Waals surface area contributed by atoms with Crippen LogP contribution >= 0.6 is 22.6 Å². The van der Waals surface area contributed by atoms with Gasteiger partial charge in [-0.2, -0.15) is 0 Å². The third-order valence-electron chi connectivity index (χ3n) is 4.42. The SMILES string of the molecule is O=C(ON1C(=O)CCC1=O)c1ccc(Cn2nnc(-c3ccccc3)c2I)cc1. The molecule has 0 radical (unpaired) electrons. The summed E-state index contributed by atoms with van der Waals surface area (Å²) in [5, 5.41) is 9.02. The number of amides is 2. The first kappa shape index (κ1) is 19.2. The summed E-state index contributed by atoms with van der Waals surface area (Å²) in [4.78, 5) is 40.2. The molecule has 3 aromatic rings. The summed E-state index contributed by atoms with van der Waals surface area (Å²) in [6, 6.07) is 16.5. The Kier molecular flexibility index (Phi) is 5.38. The molecule has 0 bridgehead atoms. The minimum atomic E-state index is -0.748. The number of aromatic nitrogens is 3. The Bertz CT molecular complexity index is 1060. The Morgan fingerprint density at radius 1 is 1.00 bits per heavy atom. The van der Waals surface area contributed by atoms with Crippen LogP contribution in [0, 0.1) is 3.70 Å². The zero-order chi connectivity index (χ0) is 20.4. The predicted octanol–water partition coefficient (Wildman–Crippen LogP) is 2.82. The fourth-order valence-corrected chi connectivity index (χ4v) is 3.57. The van der Waals surface area contributed by atoms with Gasteiger partial charge in [-0.15, -0.1) is 10.2 Å². The molecule has 9 heteroatoms. The first-order chi connectivity index (χ1) is 14.0. The lowest BCUT2D eigenvalue weighted by molar-refractivity contribution is -0.172. The van der Waals surface area contributed by atoms with Gasteiger partial charge in [-0.1, -0.05) is 47.7 Å². The minimum Gasteiger partial charge on any atom is -0.325 e. The van der Waals surface area contributed by atoms with E-state index in [9.17, 15) is 14.4 Å². The van der Waals surface area contributed by atoms with Crippen molar-refractivity contribution < 1.29 is 19.2 Å². The van der Waals surface area contributed by atoms with Crippen LogP contribution in [0.3, 0.4) is 0 Å². The van der Waals surface area contributed by atoms with Gasteiger partial charge in [-0.3, -0.25) is 9.59 Å². The quantitative estimate of drug-likeness (QED) is 0.394. The molecule has 0 atom stereocenters. The largest absolute Gasteiger partial charge is 0.363 e. The summed E-state index contributed by atoms with van der Waals surface area (Å²) in [7, 11) is 0. The normalized spacial score (nSPS) is 13.8. The highest BCUT2D eigenvalue weighted by atomic mass is 127. The molecule has 8 nitrogen and oxygen atoms in total. The molecule has 4 rings (SSSR count). The van der Waals surface area contributed by atoms with Crippen LogP contribution in [-0.2, 0) is 21.0 Å². The van der Waals surface area contributed by atoms with E-state index in [0.717, 1.165) is 20.5 Å². The maximum Gasteiger partial charge on any atom is 0.363 e. The van der Waals surface area contributed by atoms with Crippen molar-refractivity contribution in [3.8, 4) is 11.3 Å². The molecule has 146 valence electrons. The fraction of sp³-hybridized carbons (Fsp3) is 0.150. The summed E-state index contributed by atoms with van der Waals surface area (Å²) in [5.74, 6) is -1.76. The van der Waals surface area contributed by atoms with Gasteiger partial charge in [0, 0.05) is 18.4 Å². The maximum absolute atomic E-state index is 12.2. The fourth-order valence-electron chi connectivity index (χ4n) is 2.89. The van der Waals surface area contributed by atoms with E-state index in [2.05, 4.69) is 32.9 Å². The number of nitrogens with zero attached hydrogens (tertiary/aromatic N) is 4. The molecule has 0 aliphatic carbocycles. The van der Waals surface area contributed by atoms with Crippen LogP contribution in [0.15, 0.2) is 54.6 Å². The number of hydrogen-bond acceptors (Lipinski definition) is 6. The number of hydroxylamine groups is 2. The van der Waals surface area contributed by atoms with Gasteiger partial charge >= 0.3 is 5.97 Å². The van der Waals surface area contributed by atoms with Gasteiger partial charge in [-0.05, 0) is 40.3 Å². The summed E-state index contributed by atoms with van der Waals surface area (Å²) in [5.41, 5.74) is 2.97. The van der Waals surface area contributed by atoms with Crippen molar-refractivity contribution in [2.24, 2.45) is 0 Å². The minimum absolute atomic E-state index is 0.0621. The molecule has 2 amide bonds. The Labute approximate surface area is 179 Å². The van der Waals surface area contributed by atoms with Gasteiger partial charge < -0.3 is 4.84 Å². The second-order valence-electron chi connectivity index (χ2n) is 6.41. The Balaban J connectivity index is 1.45. The molecule has 0 spiro atoms. The van der Waals surface area contributed by atoms with Crippen molar-refractivity contribution in [3.63, 3.8) is 0 Å². The second-order valence-corrected chi connectivity index (χ2v) is 7.43. The van der Waals surface area contributed by atoms with Crippen LogP contribution in [0.4, 0.5) is 0 Å². The predicted molar refractivity (Wildman–Crippen MR) is 110 cm³/mol. The van der Waals surface area contributed by atoms with E-state index in [1.807, 2.05) is 30.3 Å². The van der Waals surface area contributed by atoms with E-state index in [1.165, 1.54) is 0 Å². The average Bonchev–Trinajstić information content (AvgIpc) is 3.26. The van der Waals surface area contributed by atoms with Crippen LogP contribution in [0.1, 0.15) is 28.8 Å². The molecule has 1 saturated heterocycles. The van der Waals surface area contributed by atoms with Crippen LogP contribution in [-0.4, -0.2) is 37.8 Å². The number of imide groups is 1. The number of hydrogen-bond donors (Lipinski definition) is 0. The molecule has 0 N–H and O–H groups in total. The molecule has 1 aromatic heterocycles. The van der Waals surface area contributed by atoms with E-state index >= 15 is 0 Å². The molecular weight excluding hydrogens is 487 g/mol. The number of benzene rings is 2. The Morgan fingerprint density at radius 2 is 1.66 bits per heavy atom. The number of halogens is 1. The molecular formula is C20H15IN4O4. The van der Waals surface area contributed by atoms with E-state index < -0.39 is 17.8 Å². The van der Waals surface area contributed by atoms with E-state index in [4.69, 9.17) is 4.84 Å². The average molecular weight is 502 g/mol. The summed E-state index contributed by atoms with van der Waals surface area (Å²) in [6.07, 6.45) is 0.124. The zero-order valence-corrected chi connectivity index (χ0v) is 17.3. The van der Waals surface area contributed by atoms with Gasteiger partial charge in [0.15, 0.2) is 0 Å². The van der Waals surface area contributed by atoms with Crippen molar-refractivity contribution in [3.05, 3.63) is 69.4 Å². The van der Waals surface area contributed by atoms with Gasteiger partial charge in [0.05, 0.1) is 12.1 Å². The molecule has 2 heterocycles. The highest BCUT2D eigenvalue weighted by molar-refractivity contribution is 14.1. The van der Waals surface area contributed by atoms with E-state index in [-0.39, 0.29) is 18.4 Å². The van der Waals surface area contributed by atoms with Gasteiger partial charge in [0.25, 0.3) is 11.8 Å². The summed E-state index contributed by atoms with van der Waals surface area (Å²) in [6.45, 7) is 0.483. The van der Waals surface area contributed by atoms with Crippen molar-refractivity contribution in [1.82, 2.24) is 20.1 Å². The standard InChI is InChI=1S/C20H15IN4O4/c21-19-18(14-4-2-1-3-5-14)22-23-24(19)12-13-6-8-15(9-7-13)20(28)29-25-16(26)10-11-17(25)27/h1-9H,10-12H2. The third kappa shape index (κ3) is 4.04. The molecule has 29 heavy (non-hydrogen) atoms. The first-order valence-corrected chi connectivity index (χ1v) is 9.92. The summed E-state index contributed by atoms with van der Waals surface area (Å²) >= 11 is 2.21. The molecule has 1 fully saturated rings. The maximum atomic E-state index is 12.2. The van der Waals surface area contributed by atoms with Crippen LogP contribution in [0.25, 0.3) is 11.3 Å². The molecule has 2 aromatic carbocycles. The van der Waals surface area contributed by atoms with Crippen LogP contribution in [0.5, 0.6) is 0 Å². The summed E-state index contributed by atoms with van der Waals surface area (Å²) < 4.78 is 2.68. The molecule has 1 aliphatic heterocycles. The van der Waals surface area contributed by atoms with E-state index in [1.54, 1.807) is 28.9 Å². The zero-order valence-electron chi connectivity index (χ0n) is 15.1. The lowest BCUT2D eigenvalue weighted by Gasteiger charge is -2.12. The number of carbonyl (C=O) groups is 3. The lowest BCUT2D eigenvalue weighted by atomic mass is 10.1. The third-order valence-corrected chi connectivity index (χ3v) is 5.49. The topological polar surface area (TPSA) is 94.4 Å². The van der Waals surface area contributed by atoms with Crippen molar-refractivity contribution >= 4 is 40.4 Å². The smallest absolute Gasteiger partial charge is 0.325 e. The van der Waals surface area contributed by atoms with Crippen molar-refractivity contribution in [1.29, 1.82) is 0 Å². The Morgan fingerprint density at radius 3 is 2.31 bits per heavy atom. The van der Waals surface area contributed by atoms with Crippen molar-refractivity contribution in [2.45, 2.75) is 19.4 Å². The molecule has 1 aliphatic rings. The van der Waals surface area contributed by atoms with Gasteiger partial charge in [0.1, 0.15) is 9.39 Å². The first-order valence-electron chi connectivity index (χ1n) is 8.84. The van der Waals surface area contributed by atoms with Gasteiger partial charge in [-0.25, -0.2) is 9.48 Å². The number of carbonyl (C=O) groups excluding carboxylic acids is 3. The number of rotatable bonds is 5. The highest BCUT2D eigenvalue weighted by Crippen LogP contribution is 2.23. The highest BCUT2D eigenvalue weighted by Gasteiger charge is 2.33. The second kappa shape index (κ2) is 8.11. The van der Waals surface area contributed by atoms with Gasteiger partial charge in [0.2, 0.25) is 0 Å².